The van der Waals surface area contributed by atoms with Gasteiger partial charge in [-0.3, -0.25) is 4.98 Å². The number of aromatic nitrogens is 1. The molecule has 2 rings (SSSR count). The van der Waals surface area contributed by atoms with Crippen molar-refractivity contribution in [2.24, 2.45) is 0 Å². The van der Waals surface area contributed by atoms with Gasteiger partial charge in [0.1, 0.15) is 0 Å². The van der Waals surface area contributed by atoms with E-state index in [-0.39, 0.29) is 6.10 Å². The first-order valence-corrected chi connectivity index (χ1v) is 8.23. The predicted octanol–water partition coefficient (Wildman–Crippen LogP) is 3.15. The number of rotatable bonds is 6. The maximum atomic E-state index is 5.77. The lowest BCUT2D eigenvalue weighted by Crippen LogP contribution is -2.48. The topological polar surface area (TPSA) is 37.4 Å². The van der Waals surface area contributed by atoms with Crippen LogP contribution in [0, 0.1) is 0 Å². The molecule has 1 aromatic rings. The van der Waals surface area contributed by atoms with Crippen LogP contribution in [0.4, 0.5) is 5.69 Å². The Bertz CT molecular complexity index is 421. The summed E-state index contributed by atoms with van der Waals surface area (Å²) in [6.45, 7) is 11.5. The van der Waals surface area contributed by atoms with E-state index in [2.05, 4.69) is 55.0 Å². The van der Waals surface area contributed by atoms with Crippen molar-refractivity contribution in [3.8, 4) is 0 Å². The molecule has 1 aliphatic heterocycles. The summed E-state index contributed by atoms with van der Waals surface area (Å²) in [7, 11) is 0. The lowest BCUT2D eigenvalue weighted by atomic mass is 10.1. The zero-order chi connectivity index (χ0) is 15.2. The van der Waals surface area contributed by atoms with Crippen molar-refractivity contribution < 1.29 is 4.74 Å². The van der Waals surface area contributed by atoms with E-state index in [0.717, 1.165) is 38.2 Å². The molecule has 4 heteroatoms. The van der Waals surface area contributed by atoms with Gasteiger partial charge in [0, 0.05) is 12.6 Å². The monoisotopic (exact) mass is 291 g/mol. The molecule has 1 fully saturated rings. The summed E-state index contributed by atoms with van der Waals surface area (Å²) in [5.74, 6) is 0. The third kappa shape index (κ3) is 4.17. The molecule has 21 heavy (non-hydrogen) atoms. The van der Waals surface area contributed by atoms with E-state index in [1.165, 1.54) is 5.69 Å². The number of nitrogens with one attached hydrogen (secondary N) is 1. The van der Waals surface area contributed by atoms with Gasteiger partial charge in [0.25, 0.3) is 0 Å². The van der Waals surface area contributed by atoms with Crippen LogP contribution >= 0.6 is 0 Å². The van der Waals surface area contributed by atoms with Crippen molar-refractivity contribution in [2.45, 2.75) is 58.7 Å². The smallest absolute Gasteiger partial charge is 0.0723 e. The van der Waals surface area contributed by atoms with E-state index in [1.54, 1.807) is 0 Å². The first-order valence-electron chi connectivity index (χ1n) is 8.23. The number of nitrogens with zero attached hydrogens (tertiary/aromatic N) is 2. The van der Waals surface area contributed by atoms with Gasteiger partial charge in [-0.1, -0.05) is 13.8 Å². The Morgan fingerprint density at radius 2 is 2.24 bits per heavy atom. The number of anilines is 1. The molecule has 4 nitrogen and oxygen atoms in total. The second kappa shape index (κ2) is 7.76. The minimum Gasteiger partial charge on any atom is -0.375 e. The molecular formula is C17H29N3O. The summed E-state index contributed by atoms with van der Waals surface area (Å²) in [5, 5.41) is 3.48. The molecule has 118 valence electrons. The number of hydrogen-bond acceptors (Lipinski definition) is 4. The Morgan fingerprint density at radius 1 is 1.43 bits per heavy atom. The molecule has 3 atom stereocenters. The maximum absolute atomic E-state index is 5.77. The number of pyridine rings is 1. The molecule has 1 N–H and O–H groups in total. The van der Waals surface area contributed by atoms with E-state index in [4.69, 9.17) is 4.74 Å². The third-order valence-corrected chi connectivity index (χ3v) is 4.19. The Hall–Kier alpha value is -1.13. The maximum Gasteiger partial charge on any atom is 0.0723 e. The van der Waals surface area contributed by atoms with Crippen molar-refractivity contribution in [1.82, 2.24) is 10.3 Å². The fourth-order valence-electron chi connectivity index (χ4n) is 2.79. The van der Waals surface area contributed by atoms with E-state index in [1.807, 2.05) is 6.20 Å². The summed E-state index contributed by atoms with van der Waals surface area (Å²) >= 11 is 0. The number of ether oxygens (including phenoxy) is 1. The highest BCUT2D eigenvalue weighted by molar-refractivity contribution is 5.46. The van der Waals surface area contributed by atoms with Gasteiger partial charge < -0.3 is 15.0 Å². The predicted molar refractivity (Wildman–Crippen MR) is 87.8 cm³/mol. The lowest BCUT2D eigenvalue weighted by Gasteiger charge is -2.39. The van der Waals surface area contributed by atoms with Crippen LogP contribution in [-0.2, 0) is 4.74 Å². The molecule has 1 aromatic heterocycles. The van der Waals surface area contributed by atoms with Crippen LogP contribution < -0.4 is 10.2 Å². The highest BCUT2D eigenvalue weighted by Crippen LogP contribution is 2.23. The van der Waals surface area contributed by atoms with E-state index in [9.17, 15) is 0 Å². The molecule has 0 aliphatic carbocycles. The first kappa shape index (κ1) is 16.2. The summed E-state index contributed by atoms with van der Waals surface area (Å²) in [4.78, 5) is 7.10. The van der Waals surface area contributed by atoms with E-state index < -0.39 is 0 Å². The van der Waals surface area contributed by atoms with Crippen molar-refractivity contribution in [2.75, 3.05) is 24.6 Å². The minimum atomic E-state index is 0.289. The third-order valence-electron chi connectivity index (χ3n) is 4.19. The van der Waals surface area contributed by atoms with Gasteiger partial charge in [-0.05, 0) is 45.4 Å². The van der Waals surface area contributed by atoms with Crippen LogP contribution in [0.25, 0.3) is 0 Å². The second-order valence-electron chi connectivity index (χ2n) is 5.98. The molecule has 3 unspecified atom stereocenters. The Kier molecular flexibility index (Phi) is 6.00. The van der Waals surface area contributed by atoms with Gasteiger partial charge in [0.05, 0.1) is 36.3 Å². The van der Waals surface area contributed by atoms with Crippen LogP contribution in [0.1, 0.15) is 52.3 Å². The van der Waals surface area contributed by atoms with Crippen LogP contribution in [0.15, 0.2) is 18.3 Å². The SMILES string of the molecule is CCCNC(C)c1ccc(N2CC(C)OCC2CC)cn1. The molecule has 0 saturated carbocycles. The minimum absolute atomic E-state index is 0.289. The van der Waals surface area contributed by atoms with Gasteiger partial charge in [0.2, 0.25) is 0 Å². The van der Waals surface area contributed by atoms with Gasteiger partial charge in [-0.25, -0.2) is 0 Å². The molecule has 1 saturated heterocycles. The van der Waals surface area contributed by atoms with Crippen LogP contribution in [0.3, 0.4) is 0 Å². The zero-order valence-electron chi connectivity index (χ0n) is 13.8. The van der Waals surface area contributed by atoms with Gasteiger partial charge >= 0.3 is 0 Å². The van der Waals surface area contributed by atoms with Crippen LogP contribution in [0.5, 0.6) is 0 Å². The summed E-state index contributed by atoms with van der Waals surface area (Å²) < 4.78 is 5.77. The van der Waals surface area contributed by atoms with Crippen molar-refractivity contribution in [1.29, 1.82) is 0 Å². The number of hydrogen-bond donors (Lipinski definition) is 1. The van der Waals surface area contributed by atoms with Crippen molar-refractivity contribution in [3.63, 3.8) is 0 Å². The van der Waals surface area contributed by atoms with Gasteiger partial charge in [-0.2, -0.15) is 0 Å². The van der Waals surface area contributed by atoms with Crippen LogP contribution in [0.2, 0.25) is 0 Å². The second-order valence-corrected chi connectivity index (χ2v) is 5.98. The largest absolute Gasteiger partial charge is 0.375 e. The zero-order valence-corrected chi connectivity index (χ0v) is 13.8. The Balaban J connectivity index is 2.06. The fourth-order valence-corrected chi connectivity index (χ4v) is 2.79. The quantitative estimate of drug-likeness (QED) is 0.873. The Morgan fingerprint density at radius 3 is 2.86 bits per heavy atom. The summed E-state index contributed by atoms with van der Waals surface area (Å²) in [5.41, 5.74) is 2.32. The summed E-state index contributed by atoms with van der Waals surface area (Å²) in [6, 6.07) is 5.12. The number of morpholine rings is 1. The highest BCUT2D eigenvalue weighted by atomic mass is 16.5. The summed E-state index contributed by atoms with van der Waals surface area (Å²) in [6.07, 6.45) is 4.55. The molecule has 0 radical (unpaired) electrons. The molecule has 0 spiro atoms. The molecule has 0 amide bonds. The first-order chi connectivity index (χ1) is 10.2. The average molecular weight is 291 g/mol. The van der Waals surface area contributed by atoms with Crippen molar-refractivity contribution >= 4 is 5.69 Å². The molecule has 1 aliphatic rings. The highest BCUT2D eigenvalue weighted by Gasteiger charge is 2.25. The van der Waals surface area contributed by atoms with E-state index >= 15 is 0 Å². The van der Waals surface area contributed by atoms with Gasteiger partial charge in [0.15, 0.2) is 0 Å². The molecule has 0 bridgehead atoms. The average Bonchev–Trinajstić information content (AvgIpc) is 2.52. The molecule has 0 aromatic carbocycles. The van der Waals surface area contributed by atoms with Crippen LogP contribution in [-0.4, -0.2) is 36.8 Å². The lowest BCUT2D eigenvalue weighted by molar-refractivity contribution is 0.0299. The van der Waals surface area contributed by atoms with Crippen molar-refractivity contribution in [3.05, 3.63) is 24.0 Å². The normalized spacial score (nSPS) is 24.1. The standard InChI is InChI=1S/C17H29N3O/c1-5-9-18-14(4)17-8-7-16(10-19-17)20-11-13(3)21-12-15(20)6-2/h7-8,10,13-15,18H,5-6,9,11-12H2,1-4H3. The van der Waals surface area contributed by atoms with E-state index in [0.29, 0.717) is 12.1 Å². The Labute approximate surface area is 128 Å². The molecular weight excluding hydrogens is 262 g/mol. The molecule has 2 heterocycles. The van der Waals surface area contributed by atoms with Gasteiger partial charge in [-0.15, -0.1) is 0 Å². The fraction of sp³-hybridized carbons (Fsp3) is 0.706.